The van der Waals surface area contributed by atoms with Gasteiger partial charge in [-0.2, -0.15) is 0 Å². The molecule has 0 saturated heterocycles. The van der Waals surface area contributed by atoms with Crippen molar-refractivity contribution in [3.8, 4) is 0 Å². The predicted molar refractivity (Wildman–Crippen MR) is 115 cm³/mol. The lowest BCUT2D eigenvalue weighted by Gasteiger charge is -2.12. The van der Waals surface area contributed by atoms with Gasteiger partial charge in [0.2, 0.25) is 0 Å². The maximum Gasteiger partial charge on any atom is 0.251 e. The lowest BCUT2D eigenvalue weighted by Crippen LogP contribution is -2.25. The minimum atomic E-state index is -0.115. The number of rotatable bonds is 5. The molecule has 140 valence electrons. The number of nitrogens with zero attached hydrogens (tertiary/aromatic N) is 2. The topological polar surface area (TPSA) is 46.9 Å². The van der Waals surface area contributed by atoms with E-state index in [4.69, 9.17) is 4.98 Å². The first-order valence-corrected chi connectivity index (χ1v) is 9.93. The van der Waals surface area contributed by atoms with E-state index in [1.54, 1.807) is 6.07 Å². The third-order valence-electron chi connectivity index (χ3n) is 4.82. The second kappa shape index (κ2) is 7.98. The number of aryl methyl sites for hydroxylation is 1. The number of para-hydroxylation sites is 2. The molecule has 1 heterocycles. The van der Waals surface area contributed by atoms with Crippen molar-refractivity contribution in [2.24, 2.45) is 0 Å². The van der Waals surface area contributed by atoms with Crippen LogP contribution in [0.3, 0.4) is 0 Å². The highest BCUT2D eigenvalue weighted by Crippen LogP contribution is 2.20. The van der Waals surface area contributed by atoms with Crippen molar-refractivity contribution in [2.45, 2.75) is 20.0 Å². The van der Waals surface area contributed by atoms with E-state index in [-0.39, 0.29) is 5.91 Å². The molecule has 0 atom stereocenters. The van der Waals surface area contributed by atoms with Gasteiger partial charge in [-0.1, -0.05) is 58.4 Å². The van der Waals surface area contributed by atoms with Gasteiger partial charge in [-0.05, 0) is 48.4 Å². The Morgan fingerprint density at radius 3 is 2.64 bits per heavy atom. The molecule has 1 aromatic heterocycles. The molecule has 0 aliphatic heterocycles. The van der Waals surface area contributed by atoms with Crippen molar-refractivity contribution in [3.05, 3.63) is 99.8 Å². The highest BCUT2D eigenvalue weighted by molar-refractivity contribution is 9.10. The summed E-state index contributed by atoms with van der Waals surface area (Å²) in [4.78, 5) is 17.3. The van der Waals surface area contributed by atoms with Crippen LogP contribution in [0.2, 0.25) is 0 Å². The van der Waals surface area contributed by atoms with E-state index in [9.17, 15) is 4.79 Å². The third kappa shape index (κ3) is 3.85. The minimum Gasteiger partial charge on any atom is -0.345 e. The van der Waals surface area contributed by atoms with Crippen LogP contribution in [0.25, 0.3) is 11.0 Å². The SMILES string of the molecule is Cc1ccccc1Cn1c(CNC(=O)c2cccc(Br)c2)nc2ccccc21. The van der Waals surface area contributed by atoms with Crippen molar-refractivity contribution in [1.29, 1.82) is 0 Å². The Kier molecular flexibility index (Phi) is 5.26. The van der Waals surface area contributed by atoms with Crippen molar-refractivity contribution < 1.29 is 4.79 Å². The summed E-state index contributed by atoms with van der Waals surface area (Å²) in [6.45, 7) is 3.20. The van der Waals surface area contributed by atoms with Gasteiger partial charge in [0.15, 0.2) is 0 Å². The Bertz CT molecular complexity index is 1150. The summed E-state index contributed by atoms with van der Waals surface area (Å²) >= 11 is 3.41. The molecule has 4 nitrogen and oxygen atoms in total. The number of halogens is 1. The summed E-state index contributed by atoms with van der Waals surface area (Å²) in [5.41, 5.74) is 5.10. The normalized spacial score (nSPS) is 10.9. The van der Waals surface area contributed by atoms with Crippen LogP contribution in [0.5, 0.6) is 0 Å². The molecule has 28 heavy (non-hydrogen) atoms. The Morgan fingerprint density at radius 2 is 1.82 bits per heavy atom. The van der Waals surface area contributed by atoms with Crippen LogP contribution in [0, 0.1) is 6.92 Å². The molecule has 5 heteroatoms. The summed E-state index contributed by atoms with van der Waals surface area (Å²) < 4.78 is 3.06. The molecule has 0 bridgehead atoms. The predicted octanol–water partition coefficient (Wildman–Crippen LogP) is 5.09. The second-order valence-electron chi connectivity index (χ2n) is 6.72. The zero-order valence-electron chi connectivity index (χ0n) is 15.5. The van der Waals surface area contributed by atoms with Crippen molar-refractivity contribution >= 4 is 32.9 Å². The van der Waals surface area contributed by atoms with Gasteiger partial charge in [0.05, 0.1) is 17.6 Å². The van der Waals surface area contributed by atoms with E-state index in [0.717, 1.165) is 27.9 Å². The molecule has 1 amide bonds. The average molecular weight is 434 g/mol. The van der Waals surface area contributed by atoms with Crippen LogP contribution in [0.15, 0.2) is 77.3 Å². The van der Waals surface area contributed by atoms with Gasteiger partial charge in [0.25, 0.3) is 5.91 Å². The quantitative estimate of drug-likeness (QED) is 0.476. The van der Waals surface area contributed by atoms with Crippen LogP contribution in [-0.4, -0.2) is 15.5 Å². The first-order valence-electron chi connectivity index (χ1n) is 9.14. The monoisotopic (exact) mass is 433 g/mol. The van der Waals surface area contributed by atoms with Crippen molar-refractivity contribution in [1.82, 2.24) is 14.9 Å². The maximum absolute atomic E-state index is 12.5. The van der Waals surface area contributed by atoms with Crippen molar-refractivity contribution in [3.63, 3.8) is 0 Å². The number of nitrogens with one attached hydrogen (secondary N) is 1. The van der Waals surface area contributed by atoms with Gasteiger partial charge >= 0.3 is 0 Å². The van der Waals surface area contributed by atoms with E-state index in [1.807, 2.05) is 42.5 Å². The Morgan fingerprint density at radius 1 is 1.04 bits per heavy atom. The number of hydrogen-bond donors (Lipinski definition) is 1. The molecule has 3 aromatic carbocycles. The average Bonchev–Trinajstić information content (AvgIpc) is 3.05. The van der Waals surface area contributed by atoms with Gasteiger partial charge < -0.3 is 9.88 Å². The van der Waals surface area contributed by atoms with E-state index < -0.39 is 0 Å². The van der Waals surface area contributed by atoms with E-state index in [0.29, 0.717) is 12.1 Å². The van der Waals surface area contributed by atoms with Gasteiger partial charge in [0.1, 0.15) is 5.82 Å². The van der Waals surface area contributed by atoms with Gasteiger partial charge in [-0.15, -0.1) is 0 Å². The molecule has 0 spiro atoms. The van der Waals surface area contributed by atoms with Crippen LogP contribution in [0.1, 0.15) is 27.3 Å². The first kappa shape index (κ1) is 18.4. The summed E-state index contributed by atoms with van der Waals surface area (Å²) in [6.07, 6.45) is 0. The standard InChI is InChI=1S/C23H20BrN3O/c1-16-7-2-3-8-18(16)15-27-21-12-5-4-11-20(21)26-22(27)14-25-23(28)17-9-6-10-19(24)13-17/h2-13H,14-15H2,1H3,(H,25,28). The van der Waals surface area contributed by atoms with Gasteiger partial charge in [0, 0.05) is 16.6 Å². The molecule has 0 radical (unpaired) electrons. The molecule has 4 rings (SSSR count). The van der Waals surface area contributed by atoms with Crippen LogP contribution in [-0.2, 0) is 13.1 Å². The minimum absolute atomic E-state index is 0.115. The largest absolute Gasteiger partial charge is 0.345 e. The van der Waals surface area contributed by atoms with Crippen molar-refractivity contribution in [2.75, 3.05) is 0 Å². The lowest BCUT2D eigenvalue weighted by molar-refractivity contribution is 0.0949. The number of benzene rings is 3. The van der Waals surface area contributed by atoms with E-state index >= 15 is 0 Å². The fourth-order valence-corrected chi connectivity index (χ4v) is 3.68. The molecule has 0 fully saturated rings. The molecular weight excluding hydrogens is 414 g/mol. The zero-order chi connectivity index (χ0) is 19.5. The molecular formula is C23H20BrN3O. The number of hydrogen-bond acceptors (Lipinski definition) is 2. The number of amides is 1. The smallest absolute Gasteiger partial charge is 0.251 e. The van der Waals surface area contributed by atoms with Gasteiger partial charge in [-0.3, -0.25) is 4.79 Å². The molecule has 0 aliphatic rings. The highest BCUT2D eigenvalue weighted by atomic mass is 79.9. The molecule has 4 aromatic rings. The molecule has 0 aliphatic carbocycles. The first-order chi connectivity index (χ1) is 13.6. The lowest BCUT2D eigenvalue weighted by atomic mass is 10.1. The van der Waals surface area contributed by atoms with E-state index in [1.165, 1.54) is 11.1 Å². The molecule has 0 saturated carbocycles. The Hall–Kier alpha value is -2.92. The number of aromatic nitrogens is 2. The zero-order valence-corrected chi connectivity index (χ0v) is 17.1. The summed E-state index contributed by atoms with van der Waals surface area (Å²) in [7, 11) is 0. The fourth-order valence-electron chi connectivity index (χ4n) is 3.29. The Balaban J connectivity index is 1.63. The number of imidazole rings is 1. The third-order valence-corrected chi connectivity index (χ3v) is 5.31. The maximum atomic E-state index is 12.5. The summed E-state index contributed by atoms with van der Waals surface area (Å²) in [5, 5.41) is 3.00. The summed E-state index contributed by atoms with van der Waals surface area (Å²) in [5.74, 6) is 0.726. The van der Waals surface area contributed by atoms with Crippen LogP contribution >= 0.6 is 15.9 Å². The van der Waals surface area contributed by atoms with E-state index in [2.05, 4.69) is 57.0 Å². The second-order valence-corrected chi connectivity index (χ2v) is 7.64. The van der Waals surface area contributed by atoms with Gasteiger partial charge in [-0.25, -0.2) is 4.98 Å². The number of fused-ring (bicyclic) bond motifs is 1. The van der Waals surface area contributed by atoms with Crippen LogP contribution < -0.4 is 5.32 Å². The Labute approximate surface area is 172 Å². The fraction of sp³-hybridized carbons (Fsp3) is 0.130. The number of carbonyl (C=O) groups is 1. The molecule has 1 N–H and O–H groups in total. The number of carbonyl (C=O) groups excluding carboxylic acids is 1. The molecule has 0 unspecified atom stereocenters. The van der Waals surface area contributed by atoms with Crippen LogP contribution in [0.4, 0.5) is 0 Å². The summed E-state index contributed by atoms with van der Waals surface area (Å²) in [6, 6.07) is 23.8. The highest BCUT2D eigenvalue weighted by Gasteiger charge is 2.13.